The van der Waals surface area contributed by atoms with E-state index in [0.717, 1.165) is 32.1 Å². The molecule has 1 saturated carbocycles. The van der Waals surface area contributed by atoms with Gasteiger partial charge in [-0.3, -0.25) is 9.59 Å². The van der Waals surface area contributed by atoms with E-state index in [1.807, 2.05) is 6.92 Å². The number of hydrogen-bond donors (Lipinski definition) is 2. The minimum Gasteiger partial charge on any atom is -0.469 e. The number of unbranched alkanes of at least 4 members (excludes halogenated alkanes) is 4. The molecule has 0 aromatic carbocycles. The second kappa shape index (κ2) is 12.8. The molecule has 1 aliphatic rings. The molecule has 0 bridgehead atoms. The van der Waals surface area contributed by atoms with Crippen molar-refractivity contribution in [3.63, 3.8) is 0 Å². The van der Waals surface area contributed by atoms with Crippen molar-refractivity contribution in [1.82, 2.24) is 0 Å². The van der Waals surface area contributed by atoms with E-state index in [9.17, 15) is 24.2 Å². The van der Waals surface area contributed by atoms with Crippen LogP contribution in [-0.4, -0.2) is 41.3 Å². The van der Waals surface area contributed by atoms with Crippen LogP contribution in [0.25, 0.3) is 0 Å². The van der Waals surface area contributed by atoms with Gasteiger partial charge in [0.05, 0.1) is 13.2 Å². The largest absolute Gasteiger partial charge is 0.469 e. The summed E-state index contributed by atoms with van der Waals surface area (Å²) in [6, 6.07) is 0. The number of esters is 1. The quantitative estimate of drug-likeness (QED) is 0.305. The molecule has 0 heterocycles. The predicted octanol–water partition coefficient (Wildman–Crippen LogP) is 3.64. The number of methoxy groups -OCH3 is 1. The fourth-order valence-electron chi connectivity index (χ4n) is 3.41. The van der Waals surface area contributed by atoms with Crippen LogP contribution >= 0.6 is 0 Å². The molecule has 1 rings (SSSR count). The zero-order valence-electron chi connectivity index (χ0n) is 16.4. The summed E-state index contributed by atoms with van der Waals surface area (Å²) in [7, 11) is 1.37. The van der Waals surface area contributed by atoms with Crippen LogP contribution in [-0.2, 0) is 14.3 Å². The molecule has 154 valence electrons. The monoisotopic (exact) mass is 384 g/mol. The molecular weight excluding hydrogens is 351 g/mol. The summed E-state index contributed by atoms with van der Waals surface area (Å²) in [5.41, 5.74) is 0. The molecule has 6 heteroatoms. The molecule has 0 saturated heterocycles. The molecule has 0 aromatic heterocycles. The molecular formula is C21H33FO5. The third-order valence-electron chi connectivity index (χ3n) is 5.03. The Hall–Kier alpha value is -1.53. The smallest absolute Gasteiger partial charge is 0.305 e. The van der Waals surface area contributed by atoms with E-state index in [2.05, 4.69) is 4.74 Å². The van der Waals surface area contributed by atoms with Crippen molar-refractivity contribution >= 4 is 11.8 Å². The van der Waals surface area contributed by atoms with Crippen molar-refractivity contribution in [2.45, 2.75) is 76.9 Å². The second-order valence-corrected chi connectivity index (χ2v) is 7.16. The van der Waals surface area contributed by atoms with E-state index in [-0.39, 0.29) is 30.0 Å². The van der Waals surface area contributed by atoms with Gasteiger partial charge in [-0.2, -0.15) is 0 Å². The summed E-state index contributed by atoms with van der Waals surface area (Å²) in [5.74, 6) is -1.49. The number of aliphatic hydroxyl groups excluding tert-OH is 2. The molecule has 0 radical (unpaired) electrons. The van der Waals surface area contributed by atoms with Crippen LogP contribution in [0.4, 0.5) is 4.39 Å². The highest BCUT2D eigenvalue weighted by Crippen LogP contribution is 2.34. The van der Waals surface area contributed by atoms with Gasteiger partial charge in [0, 0.05) is 24.7 Å². The third-order valence-corrected chi connectivity index (χ3v) is 5.03. The number of rotatable bonds is 12. The van der Waals surface area contributed by atoms with E-state index in [4.69, 9.17) is 0 Å². The lowest BCUT2D eigenvalue weighted by molar-refractivity contribution is -0.140. The van der Waals surface area contributed by atoms with E-state index in [1.165, 1.54) is 19.3 Å². The standard InChI is InChI=1S/C21H33FO5/c1-3-4-10-17(22)18(23)13-12-16-15(19(24)14-20(16)25)9-7-5-6-8-11-21(26)27-2/h10,12-13,15-16,18,20,23,25H,3-9,11,14H2,1-2H3/b13-12+,17-10-/t15-,16-,18-,20-/m1/s1. The average molecular weight is 384 g/mol. The molecule has 2 N–H and O–H groups in total. The van der Waals surface area contributed by atoms with E-state index in [1.54, 1.807) is 6.08 Å². The first-order valence-electron chi connectivity index (χ1n) is 9.90. The molecule has 0 aliphatic heterocycles. The van der Waals surface area contributed by atoms with E-state index < -0.39 is 18.0 Å². The van der Waals surface area contributed by atoms with Gasteiger partial charge < -0.3 is 14.9 Å². The summed E-state index contributed by atoms with van der Waals surface area (Å²) in [6.45, 7) is 1.92. The van der Waals surface area contributed by atoms with Crippen molar-refractivity contribution in [2.75, 3.05) is 7.11 Å². The first kappa shape index (κ1) is 23.5. The number of Topliss-reactive ketones (excluding diaryl/α,β-unsaturated/α-hetero) is 1. The Kier molecular flexibility index (Phi) is 11.1. The van der Waals surface area contributed by atoms with Crippen molar-refractivity contribution in [3.05, 3.63) is 24.1 Å². The lowest BCUT2D eigenvalue weighted by Crippen LogP contribution is -2.19. The van der Waals surface area contributed by atoms with Gasteiger partial charge in [0.1, 0.15) is 17.7 Å². The van der Waals surface area contributed by atoms with Gasteiger partial charge in [0.2, 0.25) is 0 Å². The molecule has 0 unspecified atom stereocenters. The molecule has 4 atom stereocenters. The normalized spacial score (nSPS) is 24.6. The van der Waals surface area contributed by atoms with Crippen LogP contribution in [0.3, 0.4) is 0 Å². The Labute approximate surface area is 161 Å². The Morgan fingerprint density at radius 3 is 2.70 bits per heavy atom. The maximum atomic E-state index is 13.7. The fourth-order valence-corrected chi connectivity index (χ4v) is 3.41. The topological polar surface area (TPSA) is 83.8 Å². The Morgan fingerprint density at radius 2 is 2.04 bits per heavy atom. The Morgan fingerprint density at radius 1 is 1.33 bits per heavy atom. The molecule has 5 nitrogen and oxygen atoms in total. The number of halogens is 1. The minimum absolute atomic E-state index is 0.0168. The van der Waals surface area contributed by atoms with Gasteiger partial charge in [-0.25, -0.2) is 4.39 Å². The van der Waals surface area contributed by atoms with Gasteiger partial charge in [-0.05, 0) is 25.3 Å². The summed E-state index contributed by atoms with van der Waals surface area (Å²) in [4.78, 5) is 23.2. The highest BCUT2D eigenvalue weighted by molar-refractivity contribution is 5.84. The van der Waals surface area contributed by atoms with Gasteiger partial charge >= 0.3 is 5.97 Å². The van der Waals surface area contributed by atoms with Crippen molar-refractivity contribution in [3.8, 4) is 0 Å². The minimum atomic E-state index is -1.33. The Balaban J connectivity index is 2.48. The van der Waals surface area contributed by atoms with Gasteiger partial charge in [0.15, 0.2) is 0 Å². The van der Waals surface area contributed by atoms with Gasteiger partial charge in [-0.15, -0.1) is 0 Å². The van der Waals surface area contributed by atoms with E-state index >= 15 is 0 Å². The van der Waals surface area contributed by atoms with Crippen molar-refractivity contribution in [1.29, 1.82) is 0 Å². The number of carbonyl (C=O) groups excluding carboxylic acids is 2. The highest BCUT2D eigenvalue weighted by atomic mass is 19.1. The van der Waals surface area contributed by atoms with Crippen molar-refractivity contribution < 1.29 is 28.9 Å². The van der Waals surface area contributed by atoms with Gasteiger partial charge in [0.25, 0.3) is 0 Å². The van der Waals surface area contributed by atoms with Crippen LogP contribution < -0.4 is 0 Å². The maximum Gasteiger partial charge on any atom is 0.305 e. The number of ketones is 1. The number of ether oxygens (including phenoxy) is 1. The van der Waals surface area contributed by atoms with Gasteiger partial charge in [-0.1, -0.05) is 44.8 Å². The second-order valence-electron chi connectivity index (χ2n) is 7.16. The lowest BCUT2D eigenvalue weighted by atomic mass is 9.88. The number of carbonyl (C=O) groups is 2. The molecule has 0 spiro atoms. The predicted molar refractivity (Wildman–Crippen MR) is 102 cm³/mol. The third kappa shape index (κ3) is 8.35. The summed E-state index contributed by atoms with van der Waals surface area (Å²) >= 11 is 0. The number of allylic oxidation sites excluding steroid dienone is 1. The number of aliphatic hydroxyl groups is 2. The summed E-state index contributed by atoms with van der Waals surface area (Å²) in [5, 5.41) is 20.0. The number of hydrogen-bond acceptors (Lipinski definition) is 5. The highest BCUT2D eigenvalue weighted by Gasteiger charge is 2.39. The van der Waals surface area contributed by atoms with Crippen LogP contribution in [0.1, 0.15) is 64.7 Å². The molecule has 0 amide bonds. The lowest BCUT2D eigenvalue weighted by Gasteiger charge is -2.18. The zero-order chi connectivity index (χ0) is 20.2. The Bertz CT molecular complexity index is 529. The maximum absolute atomic E-state index is 13.7. The molecule has 0 aromatic rings. The van der Waals surface area contributed by atoms with Crippen molar-refractivity contribution in [2.24, 2.45) is 11.8 Å². The first-order chi connectivity index (χ1) is 12.9. The van der Waals surface area contributed by atoms with E-state index in [0.29, 0.717) is 19.3 Å². The fraction of sp³-hybridized carbons (Fsp3) is 0.714. The van der Waals surface area contributed by atoms with Crippen LogP contribution in [0.5, 0.6) is 0 Å². The average Bonchev–Trinajstić information content (AvgIpc) is 2.92. The summed E-state index contributed by atoms with van der Waals surface area (Å²) in [6.07, 6.45) is 8.00. The van der Waals surface area contributed by atoms with Crippen LogP contribution in [0.2, 0.25) is 0 Å². The van der Waals surface area contributed by atoms with Crippen LogP contribution in [0, 0.1) is 11.8 Å². The zero-order valence-corrected chi connectivity index (χ0v) is 16.4. The molecule has 1 fully saturated rings. The SMILES string of the molecule is CCC/C=C(\F)[C@H](O)/C=C/[C@H]1[C@H](O)CC(=O)[C@@H]1CCCCCCC(=O)OC. The van der Waals surface area contributed by atoms with Crippen LogP contribution in [0.15, 0.2) is 24.1 Å². The summed E-state index contributed by atoms with van der Waals surface area (Å²) < 4.78 is 18.3. The first-order valence-corrected chi connectivity index (χ1v) is 9.90. The molecule has 1 aliphatic carbocycles. The molecule has 27 heavy (non-hydrogen) atoms.